The van der Waals surface area contributed by atoms with Gasteiger partial charge in [-0.1, -0.05) is 18.2 Å². The molecule has 0 bridgehead atoms. The molecule has 1 aromatic rings. The maximum absolute atomic E-state index is 12.7. The standard InChI is InChI=1S/C16H23N3O2/c1-4-19(10-15(20)18-11(2)3)16(21)13-9-17-14-8-6-5-7-12(13)14/h5-8,11,13,17H,4,9-10H2,1-3H3,(H,18,20). The number of hydrogen-bond acceptors (Lipinski definition) is 3. The van der Waals surface area contributed by atoms with Gasteiger partial charge in [0, 0.05) is 24.8 Å². The van der Waals surface area contributed by atoms with Crippen LogP contribution in [0.25, 0.3) is 0 Å². The molecule has 1 aliphatic heterocycles. The average Bonchev–Trinajstić information content (AvgIpc) is 2.87. The monoisotopic (exact) mass is 289 g/mol. The lowest BCUT2D eigenvalue weighted by Crippen LogP contribution is -2.44. The van der Waals surface area contributed by atoms with Gasteiger partial charge in [-0.3, -0.25) is 9.59 Å². The molecule has 0 aromatic heterocycles. The number of amides is 2. The number of fused-ring (bicyclic) bond motifs is 1. The molecule has 21 heavy (non-hydrogen) atoms. The van der Waals surface area contributed by atoms with E-state index in [1.807, 2.05) is 45.0 Å². The molecule has 0 aliphatic carbocycles. The summed E-state index contributed by atoms with van der Waals surface area (Å²) in [5.74, 6) is -0.304. The number of likely N-dealkylation sites (N-methyl/N-ethyl adjacent to an activating group) is 1. The Morgan fingerprint density at radius 2 is 2.10 bits per heavy atom. The second-order valence-electron chi connectivity index (χ2n) is 5.60. The lowest BCUT2D eigenvalue weighted by molar-refractivity contribution is -0.136. The summed E-state index contributed by atoms with van der Waals surface area (Å²) >= 11 is 0. The first kappa shape index (κ1) is 15.4. The van der Waals surface area contributed by atoms with E-state index in [-0.39, 0.29) is 30.3 Å². The highest BCUT2D eigenvalue weighted by Crippen LogP contribution is 2.32. The Kier molecular flexibility index (Phi) is 4.83. The quantitative estimate of drug-likeness (QED) is 0.865. The fraction of sp³-hybridized carbons (Fsp3) is 0.500. The van der Waals surface area contributed by atoms with Crippen LogP contribution in [-0.2, 0) is 9.59 Å². The molecule has 0 fully saturated rings. The second kappa shape index (κ2) is 6.61. The van der Waals surface area contributed by atoms with Crippen LogP contribution >= 0.6 is 0 Å². The molecule has 2 amide bonds. The molecule has 5 heteroatoms. The summed E-state index contributed by atoms with van der Waals surface area (Å²) in [5, 5.41) is 6.07. The van der Waals surface area contributed by atoms with Gasteiger partial charge in [0.15, 0.2) is 0 Å². The average molecular weight is 289 g/mol. The van der Waals surface area contributed by atoms with Gasteiger partial charge in [0.1, 0.15) is 0 Å². The van der Waals surface area contributed by atoms with Crippen LogP contribution in [0.2, 0.25) is 0 Å². The summed E-state index contributed by atoms with van der Waals surface area (Å²) < 4.78 is 0. The van der Waals surface area contributed by atoms with E-state index in [4.69, 9.17) is 0 Å². The number of para-hydroxylation sites is 1. The maximum atomic E-state index is 12.7. The highest BCUT2D eigenvalue weighted by Gasteiger charge is 2.31. The predicted octanol–water partition coefficient (Wildman–Crippen LogP) is 1.57. The molecule has 2 rings (SSSR count). The molecule has 0 radical (unpaired) electrons. The third kappa shape index (κ3) is 3.54. The zero-order valence-corrected chi connectivity index (χ0v) is 12.8. The smallest absolute Gasteiger partial charge is 0.239 e. The molecular formula is C16H23N3O2. The Morgan fingerprint density at radius 3 is 2.76 bits per heavy atom. The Balaban J connectivity index is 2.06. The van der Waals surface area contributed by atoms with E-state index in [2.05, 4.69) is 10.6 Å². The molecule has 5 nitrogen and oxygen atoms in total. The van der Waals surface area contributed by atoms with Gasteiger partial charge < -0.3 is 15.5 Å². The lowest BCUT2D eigenvalue weighted by atomic mass is 10.00. The molecule has 0 spiro atoms. The zero-order chi connectivity index (χ0) is 15.4. The molecule has 114 valence electrons. The molecule has 1 unspecified atom stereocenters. The number of nitrogens with zero attached hydrogens (tertiary/aromatic N) is 1. The van der Waals surface area contributed by atoms with Gasteiger partial charge >= 0.3 is 0 Å². The summed E-state index contributed by atoms with van der Waals surface area (Å²) in [7, 11) is 0. The summed E-state index contributed by atoms with van der Waals surface area (Å²) in [6, 6.07) is 7.92. The predicted molar refractivity (Wildman–Crippen MR) is 83.2 cm³/mol. The third-order valence-electron chi connectivity index (χ3n) is 3.61. The van der Waals surface area contributed by atoms with Crippen molar-refractivity contribution in [1.82, 2.24) is 10.2 Å². The van der Waals surface area contributed by atoms with Crippen molar-refractivity contribution in [2.24, 2.45) is 0 Å². The van der Waals surface area contributed by atoms with Crippen molar-refractivity contribution in [3.63, 3.8) is 0 Å². The van der Waals surface area contributed by atoms with Gasteiger partial charge in [-0.25, -0.2) is 0 Å². The van der Waals surface area contributed by atoms with Crippen LogP contribution in [0, 0.1) is 0 Å². The van der Waals surface area contributed by atoms with Crippen molar-refractivity contribution in [3.8, 4) is 0 Å². The zero-order valence-electron chi connectivity index (χ0n) is 12.8. The number of rotatable bonds is 5. The number of carbonyl (C=O) groups excluding carboxylic acids is 2. The highest BCUT2D eigenvalue weighted by atomic mass is 16.2. The van der Waals surface area contributed by atoms with Crippen LogP contribution < -0.4 is 10.6 Å². The van der Waals surface area contributed by atoms with Crippen LogP contribution in [-0.4, -0.2) is 42.4 Å². The van der Waals surface area contributed by atoms with Crippen molar-refractivity contribution in [2.75, 3.05) is 25.0 Å². The van der Waals surface area contributed by atoms with E-state index in [9.17, 15) is 9.59 Å². The SMILES string of the molecule is CCN(CC(=O)NC(C)C)C(=O)C1CNc2ccccc21. The van der Waals surface area contributed by atoms with Crippen molar-refractivity contribution in [2.45, 2.75) is 32.7 Å². The molecule has 1 heterocycles. The minimum Gasteiger partial charge on any atom is -0.384 e. The van der Waals surface area contributed by atoms with Gasteiger partial charge in [-0.05, 0) is 32.4 Å². The number of carbonyl (C=O) groups is 2. The summed E-state index contributed by atoms with van der Waals surface area (Å²) in [5.41, 5.74) is 2.03. The molecule has 0 saturated heterocycles. The summed E-state index contributed by atoms with van der Waals surface area (Å²) in [6.45, 7) is 6.96. The number of benzene rings is 1. The number of hydrogen-bond donors (Lipinski definition) is 2. The van der Waals surface area contributed by atoms with Crippen molar-refractivity contribution in [1.29, 1.82) is 0 Å². The van der Waals surface area contributed by atoms with Gasteiger partial charge in [0.2, 0.25) is 11.8 Å². The van der Waals surface area contributed by atoms with Crippen molar-refractivity contribution in [3.05, 3.63) is 29.8 Å². The summed E-state index contributed by atoms with van der Waals surface area (Å²) in [6.07, 6.45) is 0. The maximum Gasteiger partial charge on any atom is 0.239 e. The Bertz CT molecular complexity index is 528. The Labute approximate surface area is 125 Å². The topological polar surface area (TPSA) is 61.4 Å². The largest absolute Gasteiger partial charge is 0.384 e. The van der Waals surface area contributed by atoms with E-state index in [0.717, 1.165) is 11.3 Å². The van der Waals surface area contributed by atoms with Crippen molar-refractivity contribution < 1.29 is 9.59 Å². The first-order chi connectivity index (χ1) is 10.0. The Hall–Kier alpha value is -2.04. The van der Waals surface area contributed by atoms with Crippen LogP contribution in [0.5, 0.6) is 0 Å². The van der Waals surface area contributed by atoms with Gasteiger partial charge in [0.05, 0.1) is 12.5 Å². The van der Waals surface area contributed by atoms with Crippen LogP contribution in [0.3, 0.4) is 0 Å². The fourth-order valence-corrected chi connectivity index (χ4v) is 2.61. The van der Waals surface area contributed by atoms with Crippen LogP contribution in [0.15, 0.2) is 24.3 Å². The van der Waals surface area contributed by atoms with Crippen LogP contribution in [0.1, 0.15) is 32.3 Å². The molecular weight excluding hydrogens is 266 g/mol. The van der Waals surface area contributed by atoms with Gasteiger partial charge in [-0.2, -0.15) is 0 Å². The molecule has 1 aliphatic rings. The molecule has 1 aromatic carbocycles. The fourth-order valence-electron chi connectivity index (χ4n) is 2.61. The Morgan fingerprint density at radius 1 is 1.38 bits per heavy atom. The van der Waals surface area contributed by atoms with Gasteiger partial charge in [-0.15, -0.1) is 0 Å². The van der Waals surface area contributed by atoms with E-state index in [1.54, 1.807) is 4.90 Å². The number of nitrogens with one attached hydrogen (secondary N) is 2. The minimum absolute atomic E-state index is 0.00820. The molecule has 0 saturated carbocycles. The van der Waals surface area contributed by atoms with Crippen LogP contribution in [0.4, 0.5) is 5.69 Å². The normalized spacial score (nSPS) is 16.3. The number of anilines is 1. The molecule has 2 N–H and O–H groups in total. The lowest BCUT2D eigenvalue weighted by Gasteiger charge is -2.24. The molecule has 1 atom stereocenters. The summed E-state index contributed by atoms with van der Waals surface area (Å²) in [4.78, 5) is 26.2. The first-order valence-corrected chi connectivity index (χ1v) is 7.43. The second-order valence-corrected chi connectivity index (χ2v) is 5.60. The van der Waals surface area contributed by atoms with E-state index in [1.165, 1.54) is 0 Å². The van der Waals surface area contributed by atoms with E-state index < -0.39 is 0 Å². The third-order valence-corrected chi connectivity index (χ3v) is 3.61. The van der Waals surface area contributed by atoms with Gasteiger partial charge in [0.25, 0.3) is 0 Å². The van der Waals surface area contributed by atoms with Crippen molar-refractivity contribution >= 4 is 17.5 Å². The highest BCUT2D eigenvalue weighted by molar-refractivity contribution is 5.91. The minimum atomic E-state index is -0.201. The first-order valence-electron chi connectivity index (χ1n) is 7.43. The van der Waals surface area contributed by atoms with E-state index in [0.29, 0.717) is 13.1 Å². The van der Waals surface area contributed by atoms with E-state index >= 15 is 0 Å².